The molecule has 0 spiro atoms. The SMILES string of the molecule is CCOc1cc(C=C2SC(=S)N(Cc3ccccc3)C2=O)cc(Cl)c1OC(=O)c1ccco1. The summed E-state index contributed by atoms with van der Waals surface area (Å²) >= 11 is 13.1. The average Bonchev–Trinajstić information content (AvgIpc) is 3.42. The first kappa shape index (κ1) is 23.1. The lowest BCUT2D eigenvalue weighted by atomic mass is 10.1. The van der Waals surface area contributed by atoms with Gasteiger partial charge in [-0.3, -0.25) is 9.69 Å². The molecular weight excluding hydrogens is 482 g/mol. The van der Waals surface area contributed by atoms with E-state index in [1.807, 2.05) is 30.3 Å². The van der Waals surface area contributed by atoms with E-state index in [4.69, 9.17) is 37.7 Å². The van der Waals surface area contributed by atoms with Crippen molar-refractivity contribution in [1.82, 2.24) is 4.90 Å². The topological polar surface area (TPSA) is 69.0 Å². The number of halogens is 1. The van der Waals surface area contributed by atoms with Crippen LogP contribution in [-0.4, -0.2) is 27.7 Å². The molecular formula is C24H18ClNO5S2. The van der Waals surface area contributed by atoms with Crippen LogP contribution in [0.25, 0.3) is 6.08 Å². The highest BCUT2D eigenvalue weighted by atomic mass is 35.5. The Bertz CT molecular complexity index is 1230. The van der Waals surface area contributed by atoms with Crippen molar-refractivity contribution in [2.75, 3.05) is 6.61 Å². The lowest BCUT2D eigenvalue weighted by molar-refractivity contribution is -0.122. The molecule has 0 saturated carbocycles. The summed E-state index contributed by atoms with van der Waals surface area (Å²) in [5.41, 5.74) is 1.60. The van der Waals surface area contributed by atoms with Crippen molar-refractivity contribution in [2.24, 2.45) is 0 Å². The number of nitrogens with zero attached hydrogens (tertiary/aromatic N) is 1. The van der Waals surface area contributed by atoms with Crippen LogP contribution in [0.2, 0.25) is 5.02 Å². The van der Waals surface area contributed by atoms with Crippen molar-refractivity contribution in [3.05, 3.63) is 87.7 Å². The molecule has 168 valence electrons. The number of rotatable bonds is 7. The first-order valence-electron chi connectivity index (χ1n) is 9.97. The van der Waals surface area contributed by atoms with Crippen molar-refractivity contribution in [1.29, 1.82) is 0 Å². The van der Waals surface area contributed by atoms with Gasteiger partial charge in [0.2, 0.25) is 5.76 Å². The van der Waals surface area contributed by atoms with Gasteiger partial charge in [0, 0.05) is 0 Å². The molecule has 0 aliphatic carbocycles. The Morgan fingerprint density at radius 2 is 2.00 bits per heavy atom. The summed E-state index contributed by atoms with van der Waals surface area (Å²) in [5, 5.41) is 0.159. The predicted octanol–water partition coefficient (Wildman–Crippen LogP) is 5.95. The molecule has 1 saturated heterocycles. The maximum atomic E-state index is 13.0. The van der Waals surface area contributed by atoms with Gasteiger partial charge in [0.25, 0.3) is 5.91 Å². The zero-order chi connectivity index (χ0) is 23.4. The zero-order valence-electron chi connectivity index (χ0n) is 17.4. The van der Waals surface area contributed by atoms with Crippen molar-refractivity contribution in [3.8, 4) is 11.5 Å². The highest BCUT2D eigenvalue weighted by Crippen LogP contribution is 2.40. The van der Waals surface area contributed by atoms with Gasteiger partial charge >= 0.3 is 5.97 Å². The third-order valence-electron chi connectivity index (χ3n) is 4.60. The fourth-order valence-corrected chi connectivity index (χ4v) is 4.64. The van der Waals surface area contributed by atoms with Crippen LogP contribution in [0, 0.1) is 0 Å². The maximum absolute atomic E-state index is 13.0. The summed E-state index contributed by atoms with van der Waals surface area (Å²) < 4.78 is 16.6. The van der Waals surface area contributed by atoms with Crippen molar-refractivity contribution >= 4 is 57.9 Å². The highest BCUT2D eigenvalue weighted by Gasteiger charge is 2.32. The molecule has 0 radical (unpaired) electrons. The maximum Gasteiger partial charge on any atom is 0.379 e. The fraction of sp³-hybridized carbons (Fsp3) is 0.125. The average molecular weight is 500 g/mol. The quantitative estimate of drug-likeness (QED) is 0.172. The van der Waals surface area contributed by atoms with Gasteiger partial charge in [-0.05, 0) is 48.4 Å². The van der Waals surface area contributed by atoms with Crippen molar-refractivity contribution in [3.63, 3.8) is 0 Å². The number of ether oxygens (including phenoxy) is 2. The van der Waals surface area contributed by atoms with Crippen LogP contribution in [-0.2, 0) is 11.3 Å². The summed E-state index contributed by atoms with van der Waals surface area (Å²) in [6.45, 7) is 2.52. The Kier molecular flexibility index (Phi) is 7.17. The Labute approximate surface area is 205 Å². The molecule has 2 aromatic carbocycles. The van der Waals surface area contributed by atoms with E-state index >= 15 is 0 Å². The van der Waals surface area contributed by atoms with Gasteiger partial charge < -0.3 is 13.9 Å². The van der Waals surface area contributed by atoms with Crippen LogP contribution < -0.4 is 9.47 Å². The van der Waals surface area contributed by atoms with Crippen LogP contribution in [0.15, 0.2) is 70.2 Å². The highest BCUT2D eigenvalue weighted by molar-refractivity contribution is 8.26. The fourth-order valence-electron chi connectivity index (χ4n) is 3.12. The molecule has 33 heavy (non-hydrogen) atoms. The molecule has 2 heterocycles. The minimum Gasteiger partial charge on any atom is -0.490 e. The lowest BCUT2D eigenvalue weighted by Crippen LogP contribution is -2.27. The standard InChI is InChI=1S/C24H18ClNO5S2/c1-2-29-19-12-16(11-17(25)21(19)31-23(28)18-9-6-10-30-18)13-20-22(27)26(24(32)33-20)14-15-7-4-3-5-8-15/h3-13H,2,14H2,1H3. The third kappa shape index (κ3) is 5.30. The number of thioether (sulfide) groups is 1. The molecule has 6 nitrogen and oxygen atoms in total. The van der Waals surface area contributed by atoms with Crippen LogP contribution in [0.5, 0.6) is 11.5 Å². The van der Waals surface area contributed by atoms with E-state index in [0.29, 0.717) is 27.9 Å². The molecule has 1 amide bonds. The molecule has 1 aliphatic rings. The van der Waals surface area contributed by atoms with E-state index in [-0.39, 0.29) is 28.2 Å². The molecule has 0 atom stereocenters. The van der Waals surface area contributed by atoms with Gasteiger partial charge in [-0.15, -0.1) is 0 Å². The molecule has 0 unspecified atom stereocenters. The number of thiocarbonyl (C=S) groups is 1. The van der Waals surface area contributed by atoms with Gasteiger partial charge in [0.05, 0.1) is 29.3 Å². The van der Waals surface area contributed by atoms with Gasteiger partial charge in [0.15, 0.2) is 11.5 Å². The Morgan fingerprint density at radius 1 is 1.21 bits per heavy atom. The summed E-state index contributed by atoms with van der Waals surface area (Å²) in [6.07, 6.45) is 3.07. The number of furan rings is 1. The van der Waals surface area contributed by atoms with Gasteiger partial charge in [-0.1, -0.05) is 65.9 Å². The minimum absolute atomic E-state index is 0.0414. The third-order valence-corrected chi connectivity index (χ3v) is 6.26. The largest absolute Gasteiger partial charge is 0.490 e. The van der Waals surface area contributed by atoms with E-state index in [9.17, 15) is 9.59 Å². The van der Waals surface area contributed by atoms with Gasteiger partial charge in [0.1, 0.15) is 4.32 Å². The summed E-state index contributed by atoms with van der Waals surface area (Å²) in [4.78, 5) is 27.3. The van der Waals surface area contributed by atoms with E-state index in [1.54, 1.807) is 36.1 Å². The summed E-state index contributed by atoms with van der Waals surface area (Å²) in [6, 6.07) is 16.0. The molecule has 3 aromatic rings. The van der Waals surface area contributed by atoms with E-state index in [1.165, 1.54) is 24.1 Å². The second-order valence-corrected chi connectivity index (χ2v) is 8.97. The molecule has 0 N–H and O–H groups in total. The summed E-state index contributed by atoms with van der Waals surface area (Å²) in [5.74, 6) is -0.488. The number of carbonyl (C=O) groups excluding carboxylic acids is 2. The molecule has 9 heteroatoms. The lowest BCUT2D eigenvalue weighted by Gasteiger charge is -2.14. The monoisotopic (exact) mass is 499 g/mol. The molecule has 1 fully saturated rings. The molecule has 1 aliphatic heterocycles. The van der Waals surface area contributed by atoms with Gasteiger partial charge in [-0.25, -0.2) is 4.79 Å². The second kappa shape index (κ2) is 10.2. The van der Waals surface area contributed by atoms with Crippen LogP contribution in [0.4, 0.5) is 0 Å². The smallest absolute Gasteiger partial charge is 0.379 e. The van der Waals surface area contributed by atoms with Crippen LogP contribution in [0.1, 0.15) is 28.6 Å². The number of esters is 1. The van der Waals surface area contributed by atoms with E-state index < -0.39 is 5.97 Å². The van der Waals surface area contributed by atoms with E-state index in [0.717, 1.165) is 5.56 Å². The Morgan fingerprint density at radius 3 is 2.70 bits per heavy atom. The zero-order valence-corrected chi connectivity index (χ0v) is 19.8. The number of hydrogen-bond acceptors (Lipinski definition) is 7. The first-order valence-corrected chi connectivity index (χ1v) is 11.6. The first-order chi connectivity index (χ1) is 16.0. The predicted molar refractivity (Wildman–Crippen MR) is 131 cm³/mol. The Hall–Kier alpha value is -3.07. The number of carbonyl (C=O) groups is 2. The summed E-state index contributed by atoms with van der Waals surface area (Å²) in [7, 11) is 0. The molecule has 4 rings (SSSR count). The van der Waals surface area contributed by atoms with Crippen LogP contribution >= 0.6 is 35.6 Å². The van der Waals surface area contributed by atoms with Crippen LogP contribution in [0.3, 0.4) is 0 Å². The molecule has 1 aromatic heterocycles. The van der Waals surface area contributed by atoms with E-state index in [2.05, 4.69) is 0 Å². The Balaban J connectivity index is 1.59. The number of amides is 1. The van der Waals surface area contributed by atoms with Gasteiger partial charge in [-0.2, -0.15) is 0 Å². The number of hydrogen-bond donors (Lipinski definition) is 0. The second-order valence-electron chi connectivity index (χ2n) is 6.88. The molecule has 0 bridgehead atoms. The van der Waals surface area contributed by atoms with Crippen molar-refractivity contribution < 1.29 is 23.5 Å². The minimum atomic E-state index is -0.697. The van der Waals surface area contributed by atoms with Crippen molar-refractivity contribution in [2.45, 2.75) is 13.5 Å². The number of benzene rings is 2. The normalized spacial score (nSPS) is 14.7.